The fourth-order valence-electron chi connectivity index (χ4n) is 0. The van der Waals surface area contributed by atoms with Crippen LogP contribution in [0.15, 0.2) is 0 Å². The topological polar surface area (TPSA) is 23.1 Å². The summed E-state index contributed by atoms with van der Waals surface area (Å²) in [5.74, 6) is 0.329. The van der Waals surface area contributed by atoms with Gasteiger partial charge >= 0.3 is 49.9 Å². The van der Waals surface area contributed by atoms with Crippen molar-refractivity contribution in [2.24, 2.45) is 5.92 Å². The molecule has 0 saturated carbocycles. The fraction of sp³-hybridized carbons (Fsp3) is 1.00. The Morgan fingerprint density at radius 2 is 1.67 bits per heavy atom. The van der Waals surface area contributed by atoms with E-state index in [-0.39, 0.29) is 56.5 Å². The molecule has 2 heteroatoms. The number of hydrogen-bond donors (Lipinski definition) is 0. The molecule has 0 spiro atoms. The van der Waals surface area contributed by atoms with Crippen LogP contribution in [0, 0.1) is 55.8 Å². The van der Waals surface area contributed by atoms with Gasteiger partial charge in [-0.1, -0.05) is 19.8 Å². The van der Waals surface area contributed by atoms with E-state index in [4.69, 9.17) is 0 Å². The minimum Gasteiger partial charge on any atom is -0.854 e. The van der Waals surface area contributed by atoms with Gasteiger partial charge in [0.2, 0.25) is 0 Å². The Balaban J connectivity index is 0. The van der Waals surface area contributed by atoms with Gasteiger partial charge in [-0.15, -0.1) is 6.61 Å². The summed E-state index contributed by atoms with van der Waals surface area (Å²) in [6.07, 6.45) is 0. The van der Waals surface area contributed by atoms with Crippen LogP contribution in [0.25, 0.3) is 0 Å². The summed E-state index contributed by atoms with van der Waals surface area (Å²) in [7, 11) is 0. The summed E-state index contributed by atoms with van der Waals surface area (Å²) in [4.78, 5) is 0. The van der Waals surface area contributed by atoms with E-state index >= 15 is 0 Å². The van der Waals surface area contributed by atoms with Gasteiger partial charge < -0.3 is 5.11 Å². The van der Waals surface area contributed by atoms with Crippen LogP contribution in [0.2, 0.25) is 0 Å². The Bertz CT molecular complexity index is 21.5. The van der Waals surface area contributed by atoms with Crippen LogP contribution in [0.1, 0.15) is 13.8 Å². The SMILES string of the molecule is CC(C)C[O-].[Fr+]. The first kappa shape index (κ1) is 10.5. The smallest absolute Gasteiger partial charge is 0.854 e. The molecule has 0 amide bonds. The first-order valence-electron chi connectivity index (χ1n) is 1.85. The Labute approximate surface area is 80.1 Å². The maximum atomic E-state index is 9.63. The third-order valence-electron chi connectivity index (χ3n) is 0.333. The van der Waals surface area contributed by atoms with Crippen LogP contribution in [0.3, 0.4) is 0 Å². The molecule has 0 aliphatic heterocycles. The van der Waals surface area contributed by atoms with E-state index in [2.05, 4.69) is 0 Å². The summed E-state index contributed by atoms with van der Waals surface area (Å²) in [5, 5.41) is 9.63. The van der Waals surface area contributed by atoms with Crippen molar-refractivity contribution in [3.8, 4) is 0 Å². The van der Waals surface area contributed by atoms with E-state index in [1.807, 2.05) is 13.8 Å². The van der Waals surface area contributed by atoms with E-state index in [1.54, 1.807) is 0 Å². The fourth-order valence-corrected chi connectivity index (χ4v) is 0. The molecule has 0 atom stereocenters. The average Bonchev–Trinajstić information content (AvgIpc) is 1.38. The quantitative estimate of drug-likeness (QED) is 0.668. The predicted molar refractivity (Wildman–Crippen MR) is 19.7 cm³/mol. The van der Waals surface area contributed by atoms with Gasteiger partial charge in [-0.3, -0.25) is 0 Å². The Hall–Kier alpha value is 1.56. The molecule has 0 N–H and O–H groups in total. The molecule has 0 unspecified atom stereocenters. The van der Waals surface area contributed by atoms with Crippen molar-refractivity contribution < 1.29 is 55.0 Å². The normalized spacial score (nSPS) is 8.00. The third kappa shape index (κ3) is 9.12. The molecular formula is C4H9FrO. The minimum absolute atomic E-state index is 0. The second kappa shape index (κ2) is 6.56. The summed E-state index contributed by atoms with van der Waals surface area (Å²) in [6.45, 7) is 3.88. The van der Waals surface area contributed by atoms with Crippen LogP contribution >= 0.6 is 0 Å². The Kier molecular flexibility index (Phi) is 11.5. The third-order valence-corrected chi connectivity index (χ3v) is 0.333. The van der Waals surface area contributed by atoms with Gasteiger partial charge in [0.05, 0.1) is 0 Å². The molecule has 0 heterocycles. The molecule has 0 aromatic carbocycles. The molecule has 1 nitrogen and oxygen atoms in total. The minimum atomic E-state index is 0. The van der Waals surface area contributed by atoms with Gasteiger partial charge in [0, 0.05) is 0 Å². The maximum Gasteiger partial charge on any atom is 1.00 e. The van der Waals surface area contributed by atoms with Crippen molar-refractivity contribution in [2.45, 2.75) is 13.8 Å². The second-order valence-corrected chi connectivity index (χ2v) is 1.56. The number of hydrogen-bond acceptors (Lipinski definition) is 1. The Morgan fingerprint density at radius 3 is 1.67 bits per heavy atom. The molecule has 0 saturated heterocycles. The van der Waals surface area contributed by atoms with Crippen LogP contribution in [-0.2, 0) is 0 Å². The first-order valence-corrected chi connectivity index (χ1v) is 1.85. The van der Waals surface area contributed by atoms with E-state index < -0.39 is 0 Å². The van der Waals surface area contributed by atoms with Gasteiger partial charge in [0.25, 0.3) is 0 Å². The van der Waals surface area contributed by atoms with E-state index in [0.717, 1.165) is 0 Å². The van der Waals surface area contributed by atoms with Gasteiger partial charge in [0.1, 0.15) is 0 Å². The summed E-state index contributed by atoms with van der Waals surface area (Å²) >= 11 is 0. The van der Waals surface area contributed by atoms with Gasteiger partial charge in [-0.2, -0.15) is 0 Å². The molecule has 0 bridgehead atoms. The van der Waals surface area contributed by atoms with Gasteiger partial charge in [-0.05, 0) is 0 Å². The van der Waals surface area contributed by atoms with E-state index in [0.29, 0.717) is 5.92 Å². The molecule has 0 rings (SSSR count). The summed E-state index contributed by atoms with van der Waals surface area (Å²) < 4.78 is 0. The summed E-state index contributed by atoms with van der Waals surface area (Å²) in [5.41, 5.74) is 0. The largest absolute Gasteiger partial charge is 1.00 e. The van der Waals surface area contributed by atoms with Crippen molar-refractivity contribution in [2.75, 3.05) is 6.61 Å². The second-order valence-electron chi connectivity index (χ2n) is 1.56. The molecule has 0 aliphatic carbocycles. The molecule has 0 aliphatic rings. The van der Waals surface area contributed by atoms with Crippen molar-refractivity contribution in [3.63, 3.8) is 0 Å². The van der Waals surface area contributed by atoms with Gasteiger partial charge in [0.15, 0.2) is 0 Å². The standard InChI is InChI=1S/C4H9O.Fr/c1-4(2)3-5;/h4H,3H2,1-2H3;/q-1;+1. The average molecular weight is 296 g/mol. The molecule has 0 fully saturated rings. The van der Waals surface area contributed by atoms with Crippen molar-refractivity contribution in [1.82, 2.24) is 0 Å². The zero-order valence-electron chi connectivity index (χ0n) is 4.69. The van der Waals surface area contributed by atoms with Crippen molar-refractivity contribution in [1.29, 1.82) is 0 Å². The van der Waals surface area contributed by atoms with Crippen LogP contribution in [-0.4, -0.2) is 6.61 Å². The monoisotopic (exact) mass is 296 g/mol. The van der Waals surface area contributed by atoms with E-state index in [1.165, 1.54) is 0 Å². The zero-order chi connectivity index (χ0) is 4.28. The van der Waals surface area contributed by atoms with Gasteiger partial charge in [-0.25, -0.2) is 0 Å². The number of rotatable bonds is 1. The Morgan fingerprint density at radius 1 is 1.50 bits per heavy atom. The molecule has 6 heavy (non-hydrogen) atoms. The van der Waals surface area contributed by atoms with Crippen LogP contribution < -0.4 is 5.11 Å². The molecule has 0 aromatic heterocycles. The molecule has 32 valence electrons. The predicted octanol–water partition coefficient (Wildman–Crippen LogP) is 0.00270. The molecule has 0 aromatic rings. The van der Waals surface area contributed by atoms with Crippen LogP contribution in [0.5, 0.6) is 0 Å². The van der Waals surface area contributed by atoms with Crippen LogP contribution in [0.4, 0.5) is 0 Å². The van der Waals surface area contributed by atoms with E-state index in [9.17, 15) is 5.11 Å². The zero-order valence-corrected chi connectivity index (χ0v) is 12.9. The molecule has 0 radical (unpaired) electrons. The summed E-state index contributed by atoms with van der Waals surface area (Å²) in [6, 6.07) is 0. The first-order chi connectivity index (χ1) is 2.27. The van der Waals surface area contributed by atoms with Crippen molar-refractivity contribution >= 4 is 0 Å². The van der Waals surface area contributed by atoms with Crippen molar-refractivity contribution in [3.05, 3.63) is 0 Å². The molecular weight excluding hydrogens is 287 g/mol. The maximum absolute atomic E-state index is 9.63.